The van der Waals surface area contributed by atoms with Crippen LogP contribution in [0.15, 0.2) is 37.1 Å². The molecule has 2 aromatic rings. The van der Waals surface area contributed by atoms with Crippen molar-refractivity contribution in [3.05, 3.63) is 42.6 Å². The van der Waals surface area contributed by atoms with Crippen molar-refractivity contribution in [3.8, 4) is 0 Å². The van der Waals surface area contributed by atoms with Crippen LogP contribution in [-0.4, -0.2) is 14.5 Å². The second-order valence-corrected chi connectivity index (χ2v) is 3.45. The average molecular weight is 202 g/mol. The first-order chi connectivity index (χ1) is 7.36. The van der Waals surface area contributed by atoms with Crippen LogP contribution in [0.4, 0.5) is 5.82 Å². The Morgan fingerprint density at radius 3 is 3.00 bits per heavy atom. The van der Waals surface area contributed by atoms with Crippen LogP contribution in [0.5, 0.6) is 0 Å². The molecule has 0 radical (unpaired) electrons. The van der Waals surface area contributed by atoms with Gasteiger partial charge in [-0.1, -0.05) is 6.07 Å². The first kappa shape index (κ1) is 9.71. The van der Waals surface area contributed by atoms with Crippen molar-refractivity contribution in [2.75, 3.05) is 5.73 Å². The number of nitrogens with two attached hydrogens (primary N) is 1. The van der Waals surface area contributed by atoms with Gasteiger partial charge in [0.25, 0.3) is 0 Å². The molecule has 4 nitrogen and oxygen atoms in total. The molecule has 2 rings (SSSR count). The standard InChI is InChI=1S/C11H14N4/c12-11-10(3-1-5-14-11)4-2-7-15-8-6-13-9-15/h1,3,5-6,8-9H,2,4,7H2,(H2,12,14). The molecule has 2 aromatic heterocycles. The van der Waals surface area contributed by atoms with Crippen molar-refractivity contribution >= 4 is 5.82 Å². The molecule has 0 amide bonds. The first-order valence-electron chi connectivity index (χ1n) is 5.01. The van der Waals surface area contributed by atoms with Gasteiger partial charge >= 0.3 is 0 Å². The zero-order valence-electron chi connectivity index (χ0n) is 8.50. The molecule has 0 saturated carbocycles. The van der Waals surface area contributed by atoms with Gasteiger partial charge in [0.2, 0.25) is 0 Å². The third-order valence-corrected chi connectivity index (χ3v) is 2.35. The van der Waals surface area contributed by atoms with Crippen LogP contribution in [0, 0.1) is 0 Å². The number of rotatable bonds is 4. The lowest BCUT2D eigenvalue weighted by Crippen LogP contribution is -2.00. The highest BCUT2D eigenvalue weighted by atomic mass is 15.0. The number of aromatic nitrogens is 3. The molecule has 0 aliphatic heterocycles. The van der Waals surface area contributed by atoms with Crippen LogP contribution in [0.2, 0.25) is 0 Å². The number of pyridine rings is 1. The van der Waals surface area contributed by atoms with Crippen LogP contribution < -0.4 is 5.73 Å². The van der Waals surface area contributed by atoms with Crippen molar-refractivity contribution in [3.63, 3.8) is 0 Å². The molecule has 0 aliphatic rings. The Hall–Kier alpha value is -1.84. The Bertz CT molecular complexity index is 408. The van der Waals surface area contributed by atoms with Gasteiger partial charge in [-0.25, -0.2) is 9.97 Å². The Morgan fingerprint density at radius 1 is 1.33 bits per heavy atom. The first-order valence-corrected chi connectivity index (χ1v) is 5.01. The van der Waals surface area contributed by atoms with E-state index in [0.29, 0.717) is 5.82 Å². The smallest absolute Gasteiger partial charge is 0.126 e. The number of anilines is 1. The summed E-state index contributed by atoms with van der Waals surface area (Å²) in [5.41, 5.74) is 6.87. The molecule has 0 aromatic carbocycles. The van der Waals surface area contributed by atoms with E-state index in [4.69, 9.17) is 5.73 Å². The molecule has 0 bridgehead atoms. The Labute approximate surface area is 88.8 Å². The summed E-state index contributed by atoms with van der Waals surface area (Å²) in [6.45, 7) is 0.967. The fraction of sp³-hybridized carbons (Fsp3) is 0.273. The summed E-state index contributed by atoms with van der Waals surface area (Å²) in [6.07, 6.45) is 9.30. The number of nitrogen functional groups attached to an aromatic ring is 1. The van der Waals surface area contributed by atoms with E-state index in [2.05, 4.69) is 14.5 Å². The zero-order chi connectivity index (χ0) is 10.5. The average Bonchev–Trinajstić information content (AvgIpc) is 2.74. The van der Waals surface area contributed by atoms with Crippen molar-refractivity contribution < 1.29 is 0 Å². The predicted octanol–water partition coefficient (Wildman–Crippen LogP) is 1.49. The molecule has 15 heavy (non-hydrogen) atoms. The molecule has 0 fully saturated rings. The number of aryl methyl sites for hydroxylation is 2. The number of hydrogen-bond acceptors (Lipinski definition) is 3. The van der Waals surface area contributed by atoms with Crippen molar-refractivity contribution in [1.82, 2.24) is 14.5 Å². The van der Waals surface area contributed by atoms with Gasteiger partial charge in [-0.2, -0.15) is 0 Å². The van der Waals surface area contributed by atoms with Crippen molar-refractivity contribution in [1.29, 1.82) is 0 Å². The molecule has 0 aliphatic carbocycles. The maximum Gasteiger partial charge on any atom is 0.126 e. The molecule has 4 heteroatoms. The second-order valence-electron chi connectivity index (χ2n) is 3.45. The van der Waals surface area contributed by atoms with Crippen LogP contribution in [0.3, 0.4) is 0 Å². The van der Waals surface area contributed by atoms with E-state index in [1.54, 1.807) is 12.4 Å². The Morgan fingerprint density at radius 2 is 2.27 bits per heavy atom. The largest absolute Gasteiger partial charge is 0.383 e. The molecular formula is C11H14N4. The van der Waals surface area contributed by atoms with E-state index in [-0.39, 0.29) is 0 Å². The van der Waals surface area contributed by atoms with Crippen LogP contribution in [-0.2, 0) is 13.0 Å². The van der Waals surface area contributed by atoms with E-state index in [0.717, 1.165) is 24.9 Å². The topological polar surface area (TPSA) is 56.7 Å². The normalized spacial score (nSPS) is 10.4. The highest BCUT2D eigenvalue weighted by molar-refractivity contribution is 5.38. The lowest BCUT2D eigenvalue weighted by molar-refractivity contribution is 0.642. The minimum Gasteiger partial charge on any atom is -0.383 e. The predicted molar refractivity (Wildman–Crippen MR) is 59.2 cm³/mol. The van der Waals surface area contributed by atoms with Crippen LogP contribution in [0.1, 0.15) is 12.0 Å². The van der Waals surface area contributed by atoms with Gasteiger partial charge in [-0.15, -0.1) is 0 Å². The highest BCUT2D eigenvalue weighted by Crippen LogP contribution is 2.09. The van der Waals surface area contributed by atoms with E-state index in [9.17, 15) is 0 Å². The second kappa shape index (κ2) is 4.59. The van der Waals surface area contributed by atoms with Gasteiger partial charge < -0.3 is 10.3 Å². The Balaban J connectivity index is 1.86. The monoisotopic (exact) mass is 202 g/mol. The molecule has 0 unspecified atom stereocenters. The molecule has 0 saturated heterocycles. The summed E-state index contributed by atoms with van der Waals surface area (Å²) in [5, 5.41) is 0. The molecule has 2 heterocycles. The summed E-state index contributed by atoms with van der Waals surface area (Å²) in [6, 6.07) is 3.94. The zero-order valence-corrected chi connectivity index (χ0v) is 8.50. The SMILES string of the molecule is Nc1ncccc1CCCn1ccnc1. The van der Waals surface area contributed by atoms with Crippen LogP contribution >= 0.6 is 0 Å². The molecule has 78 valence electrons. The summed E-state index contributed by atoms with van der Waals surface area (Å²) in [5.74, 6) is 0.642. The van der Waals surface area contributed by atoms with E-state index in [1.807, 2.05) is 24.7 Å². The molecule has 0 atom stereocenters. The lowest BCUT2D eigenvalue weighted by atomic mass is 10.1. The van der Waals surface area contributed by atoms with Gasteiger partial charge in [0.05, 0.1) is 6.33 Å². The minimum absolute atomic E-state index is 0.642. The van der Waals surface area contributed by atoms with Crippen LogP contribution in [0.25, 0.3) is 0 Å². The Kier molecular flexibility index (Phi) is 2.97. The van der Waals surface area contributed by atoms with Crippen molar-refractivity contribution in [2.45, 2.75) is 19.4 Å². The van der Waals surface area contributed by atoms with Gasteiger partial charge in [-0.3, -0.25) is 0 Å². The molecular weight excluding hydrogens is 188 g/mol. The maximum atomic E-state index is 5.75. The summed E-state index contributed by atoms with van der Waals surface area (Å²) < 4.78 is 2.06. The van der Waals surface area contributed by atoms with E-state index >= 15 is 0 Å². The van der Waals surface area contributed by atoms with Gasteiger partial charge in [-0.05, 0) is 24.5 Å². The summed E-state index contributed by atoms with van der Waals surface area (Å²) in [4.78, 5) is 8.04. The lowest BCUT2D eigenvalue weighted by Gasteiger charge is -2.04. The van der Waals surface area contributed by atoms with Crippen molar-refractivity contribution in [2.24, 2.45) is 0 Å². The molecule has 0 spiro atoms. The van der Waals surface area contributed by atoms with E-state index in [1.165, 1.54) is 0 Å². The fourth-order valence-electron chi connectivity index (χ4n) is 1.53. The maximum absolute atomic E-state index is 5.75. The number of nitrogens with zero attached hydrogens (tertiary/aromatic N) is 3. The highest BCUT2D eigenvalue weighted by Gasteiger charge is 1.98. The summed E-state index contributed by atoms with van der Waals surface area (Å²) in [7, 11) is 0. The quantitative estimate of drug-likeness (QED) is 0.817. The molecule has 2 N–H and O–H groups in total. The number of hydrogen-bond donors (Lipinski definition) is 1. The summed E-state index contributed by atoms with van der Waals surface area (Å²) >= 11 is 0. The number of imidazole rings is 1. The van der Waals surface area contributed by atoms with E-state index < -0.39 is 0 Å². The van der Waals surface area contributed by atoms with Gasteiger partial charge in [0, 0.05) is 25.1 Å². The third kappa shape index (κ3) is 2.56. The van der Waals surface area contributed by atoms with Gasteiger partial charge in [0.1, 0.15) is 5.82 Å². The third-order valence-electron chi connectivity index (χ3n) is 2.35. The minimum atomic E-state index is 0.642. The van der Waals surface area contributed by atoms with Gasteiger partial charge in [0.15, 0.2) is 0 Å². The fourth-order valence-corrected chi connectivity index (χ4v) is 1.53.